The normalized spacial score (nSPS) is 16.2. The second-order valence-corrected chi connectivity index (χ2v) is 5.39. The second-order valence-electron chi connectivity index (χ2n) is 5.39. The highest BCUT2D eigenvalue weighted by Crippen LogP contribution is 2.37. The lowest BCUT2D eigenvalue weighted by atomic mass is 9.95. The van der Waals surface area contributed by atoms with Gasteiger partial charge < -0.3 is 14.2 Å². The van der Waals surface area contributed by atoms with Gasteiger partial charge in [-0.3, -0.25) is 4.79 Å². The fourth-order valence-corrected chi connectivity index (χ4v) is 2.65. The molecule has 0 bridgehead atoms. The van der Waals surface area contributed by atoms with Gasteiger partial charge in [0.25, 0.3) is 0 Å². The van der Waals surface area contributed by atoms with Gasteiger partial charge in [-0.25, -0.2) is 4.79 Å². The maximum Gasteiger partial charge on any atom is 0.387 e. The molecule has 1 aliphatic rings. The average molecular weight is 348 g/mol. The molecule has 0 radical (unpaired) electrons. The van der Waals surface area contributed by atoms with Crippen molar-refractivity contribution in [3.63, 3.8) is 0 Å². The van der Waals surface area contributed by atoms with Crippen LogP contribution < -0.4 is 9.47 Å². The minimum absolute atomic E-state index is 0.0761. The third kappa shape index (κ3) is 3.60. The first kappa shape index (κ1) is 16.9. The number of hydrogen-bond donors (Lipinski definition) is 0. The molecule has 3 rings (SSSR count). The zero-order valence-corrected chi connectivity index (χ0v) is 13.2. The number of rotatable bonds is 4. The van der Waals surface area contributed by atoms with Crippen LogP contribution in [0.5, 0.6) is 11.5 Å². The lowest BCUT2D eigenvalue weighted by Gasteiger charge is -2.26. The van der Waals surface area contributed by atoms with E-state index < -0.39 is 18.7 Å². The topological polar surface area (TPSA) is 61.8 Å². The van der Waals surface area contributed by atoms with Gasteiger partial charge in [0.05, 0.1) is 24.7 Å². The van der Waals surface area contributed by atoms with Gasteiger partial charge >= 0.3 is 12.6 Å². The Balaban J connectivity index is 1.90. The van der Waals surface area contributed by atoms with E-state index in [2.05, 4.69) is 9.47 Å². The van der Waals surface area contributed by atoms with Crippen molar-refractivity contribution in [1.82, 2.24) is 0 Å². The zero-order valence-electron chi connectivity index (χ0n) is 13.2. The molecule has 7 heteroatoms. The van der Waals surface area contributed by atoms with Gasteiger partial charge in [0, 0.05) is 6.07 Å². The molecule has 25 heavy (non-hydrogen) atoms. The van der Waals surface area contributed by atoms with Gasteiger partial charge in [0.2, 0.25) is 0 Å². The summed E-state index contributed by atoms with van der Waals surface area (Å²) >= 11 is 0. The molecule has 0 saturated carbocycles. The largest absolute Gasteiger partial charge is 0.484 e. The van der Waals surface area contributed by atoms with Gasteiger partial charge in [-0.15, -0.1) is 0 Å². The first-order valence-electron chi connectivity index (χ1n) is 7.45. The average Bonchev–Trinajstić information content (AvgIpc) is 2.60. The number of fused-ring (bicyclic) bond motifs is 1. The Morgan fingerprint density at radius 1 is 1.24 bits per heavy atom. The Bertz CT molecular complexity index is 819. The first-order chi connectivity index (χ1) is 12.0. The van der Waals surface area contributed by atoms with E-state index in [0.717, 1.165) is 0 Å². The number of hydrogen-bond acceptors (Lipinski definition) is 5. The Kier molecular flexibility index (Phi) is 4.65. The van der Waals surface area contributed by atoms with Crippen LogP contribution in [0.2, 0.25) is 0 Å². The number of esters is 1. The Morgan fingerprint density at radius 2 is 2.04 bits per heavy atom. The molecule has 0 N–H and O–H groups in total. The Hall–Kier alpha value is -2.96. The first-order valence-corrected chi connectivity index (χ1v) is 7.45. The lowest BCUT2D eigenvalue weighted by molar-refractivity contribution is -0.0500. The summed E-state index contributed by atoms with van der Waals surface area (Å²) in [6, 6.07) is 10.5. The summed E-state index contributed by atoms with van der Waals surface area (Å²) in [6.45, 7) is -2.97. The number of carbonyl (C=O) groups is 2. The van der Waals surface area contributed by atoms with E-state index in [1.807, 2.05) is 0 Å². The molecule has 0 amide bonds. The minimum atomic E-state index is -2.97. The predicted molar refractivity (Wildman–Crippen MR) is 83.2 cm³/mol. The molecule has 1 heterocycles. The van der Waals surface area contributed by atoms with E-state index in [1.165, 1.54) is 25.3 Å². The summed E-state index contributed by atoms with van der Waals surface area (Å²) in [4.78, 5) is 24.0. The van der Waals surface area contributed by atoms with E-state index in [-0.39, 0.29) is 23.7 Å². The van der Waals surface area contributed by atoms with Crippen LogP contribution in [0.1, 0.15) is 38.8 Å². The summed E-state index contributed by atoms with van der Waals surface area (Å²) in [6.07, 6.45) is -0.557. The molecule has 0 aliphatic carbocycles. The summed E-state index contributed by atoms with van der Waals surface area (Å²) in [5.41, 5.74) is 1.25. The molecule has 2 aromatic rings. The van der Waals surface area contributed by atoms with Crippen molar-refractivity contribution in [1.29, 1.82) is 0 Å². The van der Waals surface area contributed by atoms with Crippen molar-refractivity contribution < 1.29 is 32.6 Å². The van der Waals surface area contributed by atoms with Crippen LogP contribution in [0.15, 0.2) is 42.5 Å². The zero-order chi connectivity index (χ0) is 18.0. The van der Waals surface area contributed by atoms with Crippen LogP contribution in [0.3, 0.4) is 0 Å². The molecular formula is C18H14F2O5. The number of Topliss-reactive ketones (excluding diaryl/α,β-unsaturated/α-hetero) is 1. The molecule has 0 aromatic heterocycles. The predicted octanol–water partition coefficient (Wildman–Crippen LogP) is 3.78. The van der Waals surface area contributed by atoms with E-state index in [0.29, 0.717) is 16.7 Å². The van der Waals surface area contributed by atoms with Crippen LogP contribution in [0.25, 0.3) is 0 Å². The van der Waals surface area contributed by atoms with Crippen LogP contribution in [-0.2, 0) is 4.74 Å². The fourth-order valence-electron chi connectivity index (χ4n) is 2.65. The Morgan fingerprint density at radius 3 is 2.76 bits per heavy atom. The third-order valence-electron chi connectivity index (χ3n) is 3.80. The van der Waals surface area contributed by atoms with Gasteiger partial charge in [0.1, 0.15) is 17.6 Å². The molecule has 5 nitrogen and oxygen atoms in total. The highest BCUT2D eigenvalue weighted by atomic mass is 19.3. The standard InChI is InChI=1S/C18H14F2O5/c1-23-17(22)11-4-2-3-10(7-11)15-9-14(21)13-6-5-12(24-18(19)20)8-16(13)25-15/h2-8,15,18H,9H2,1H3. The van der Waals surface area contributed by atoms with Crippen LogP contribution in [0.4, 0.5) is 8.78 Å². The summed E-state index contributed by atoms with van der Waals surface area (Å²) < 4.78 is 39.5. The van der Waals surface area contributed by atoms with Gasteiger partial charge in [0.15, 0.2) is 5.78 Å². The molecule has 1 atom stereocenters. The van der Waals surface area contributed by atoms with Gasteiger partial charge in [-0.2, -0.15) is 8.78 Å². The SMILES string of the molecule is COC(=O)c1cccc(C2CC(=O)c3ccc(OC(F)F)cc3O2)c1. The number of halogens is 2. The van der Waals surface area contributed by atoms with Crippen molar-refractivity contribution in [3.8, 4) is 11.5 Å². The van der Waals surface area contributed by atoms with Crippen LogP contribution in [-0.4, -0.2) is 25.5 Å². The van der Waals surface area contributed by atoms with E-state index >= 15 is 0 Å². The van der Waals surface area contributed by atoms with Crippen LogP contribution in [0, 0.1) is 0 Å². The monoisotopic (exact) mass is 348 g/mol. The molecule has 0 spiro atoms. The molecule has 1 aliphatic heterocycles. The van der Waals surface area contributed by atoms with E-state index in [4.69, 9.17) is 4.74 Å². The number of benzene rings is 2. The smallest absolute Gasteiger partial charge is 0.387 e. The number of alkyl halides is 2. The highest BCUT2D eigenvalue weighted by molar-refractivity contribution is 6.00. The molecule has 1 unspecified atom stereocenters. The third-order valence-corrected chi connectivity index (χ3v) is 3.80. The molecule has 130 valence electrons. The molecular weight excluding hydrogens is 334 g/mol. The Labute approximate surface area is 142 Å². The van der Waals surface area contributed by atoms with E-state index in [1.54, 1.807) is 24.3 Å². The molecule has 0 saturated heterocycles. The number of methoxy groups -OCH3 is 1. The summed E-state index contributed by atoms with van der Waals surface area (Å²) in [5, 5.41) is 0. The maximum absolute atomic E-state index is 12.4. The number of ether oxygens (including phenoxy) is 3. The van der Waals surface area contributed by atoms with Crippen molar-refractivity contribution >= 4 is 11.8 Å². The minimum Gasteiger partial charge on any atom is -0.484 e. The maximum atomic E-state index is 12.4. The quantitative estimate of drug-likeness (QED) is 0.787. The number of carbonyl (C=O) groups excluding carboxylic acids is 2. The second kappa shape index (κ2) is 6.88. The van der Waals surface area contributed by atoms with Crippen molar-refractivity contribution in [2.45, 2.75) is 19.1 Å². The lowest BCUT2D eigenvalue weighted by Crippen LogP contribution is -2.21. The molecule has 0 fully saturated rings. The van der Waals surface area contributed by atoms with Crippen molar-refractivity contribution in [2.75, 3.05) is 7.11 Å². The highest BCUT2D eigenvalue weighted by Gasteiger charge is 2.28. The van der Waals surface area contributed by atoms with Crippen LogP contribution >= 0.6 is 0 Å². The summed E-state index contributed by atoms with van der Waals surface area (Å²) in [7, 11) is 1.27. The van der Waals surface area contributed by atoms with Gasteiger partial charge in [-0.05, 0) is 29.8 Å². The fraction of sp³-hybridized carbons (Fsp3) is 0.222. The molecule has 2 aromatic carbocycles. The summed E-state index contributed by atoms with van der Waals surface area (Å²) in [5.74, 6) is -0.608. The van der Waals surface area contributed by atoms with Gasteiger partial charge in [-0.1, -0.05) is 12.1 Å². The van der Waals surface area contributed by atoms with E-state index in [9.17, 15) is 18.4 Å². The van der Waals surface area contributed by atoms with Crippen molar-refractivity contribution in [3.05, 3.63) is 59.2 Å². The van der Waals surface area contributed by atoms with Crippen molar-refractivity contribution in [2.24, 2.45) is 0 Å². The number of ketones is 1.